The van der Waals surface area contributed by atoms with Gasteiger partial charge < -0.3 is 10.2 Å². The van der Waals surface area contributed by atoms with Crippen LogP contribution in [0.4, 0.5) is 5.69 Å². The molecule has 0 unspecified atom stereocenters. The fourth-order valence-electron chi connectivity index (χ4n) is 2.06. The third-order valence-corrected chi connectivity index (χ3v) is 3.89. The molecule has 112 valence electrons. The molecule has 21 heavy (non-hydrogen) atoms. The quantitative estimate of drug-likeness (QED) is 0.804. The van der Waals surface area contributed by atoms with Crippen LogP contribution in [0.5, 0.6) is 0 Å². The fraction of sp³-hybridized carbons (Fsp3) is 0.250. The predicted octanol–water partition coefficient (Wildman–Crippen LogP) is 4.74. The molecule has 1 fully saturated rings. The lowest BCUT2D eigenvalue weighted by Crippen LogP contribution is -2.43. The minimum Gasteiger partial charge on any atom is -0.368 e. The Morgan fingerprint density at radius 1 is 0.810 bits per heavy atom. The van der Waals surface area contributed by atoms with Crippen LogP contribution in [0.15, 0.2) is 48.5 Å². The molecule has 5 heteroatoms. The third kappa shape index (κ3) is 5.40. The lowest BCUT2D eigenvalue weighted by molar-refractivity contribution is 0.589. The van der Waals surface area contributed by atoms with E-state index in [0.29, 0.717) is 5.02 Å². The minimum atomic E-state index is 0.689. The molecule has 0 amide bonds. The summed E-state index contributed by atoms with van der Waals surface area (Å²) in [5, 5.41) is 5.52. The molecule has 0 aliphatic carbocycles. The lowest BCUT2D eigenvalue weighted by Gasteiger charge is -2.30. The second kappa shape index (κ2) is 8.50. The van der Waals surface area contributed by atoms with Gasteiger partial charge in [0.05, 0.1) is 10.7 Å². The van der Waals surface area contributed by atoms with Gasteiger partial charge in [-0.2, -0.15) is 0 Å². The van der Waals surface area contributed by atoms with E-state index in [4.69, 9.17) is 34.8 Å². The van der Waals surface area contributed by atoms with Crippen LogP contribution in [0.2, 0.25) is 15.1 Å². The van der Waals surface area contributed by atoms with Gasteiger partial charge in [-0.25, -0.2) is 0 Å². The highest BCUT2D eigenvalue weighted by atomic mass is 35.5. The van der Waals surface area contributed by atoms with E-state index in [1.807, 2.05) is 42.5 Å². The summed E-state index contributed by atoms with van der Waals surface area (Å²) >= 11 is 17.5. The third-order valence-electron chi connectivity index (χ3n) is 3.10. The molecule has 2 nitrogen and oxygen atoms in total. The SMILES string of the molecule is Clc1ccc(N2CCNCC2)c(Cl)c1.Clc1ccccc1. The number of anilines is 1. The van der Waals surface area contributed by atoms with E-state index in [1.54, 1.807) is 6.07 Å². The predicted molar refractivity (Wildman–Crippen MR) is 93.0 cm³/mol. The molecule has 1 aliphatic rings. The van der Waals surface area contributed by atoms with Gasteiger partial charge in [-0.1, -0.05) is 53.0 Å². The molecule has 0 spiro atoms. The summed E-state index contributed by atoms with van der Waals surface area (Å²) in [5.74, 6) is 0. The molecule has 2 aromatic carbocycles. The maximum absolute atomic E-state index is 6.12. The number of benzene rings is 2. The van der Waals surface area contributed by atoms with Gasteiger partial charge in [0.1, 0.15) is 0 Å². The number of rotatable bonds is 1. The molecule has 0 radical (unpaired) electrons. The first-order valence-electron chi connectivity index (χ1n) is 6.78. The van der Waals surface area contributed by atoms with E-state index in [0.717, 1.165) is 41.9 Å². The number of hydrogen-bond acceptors (Lipinski definition) is 2. The lowest BCUT2D eigenvalue weighted by atomic mass is 10.2. The molecule has 3 rings (SSSR count). The van der Waals surface area contributed by atoms with Gasteiger partial charge in [0.2, 0.25) is 0 Å². The van der Waals surface area contributed by atoms with Gasteiger partial charge in [-0.3, -0.25) is 0 Å². The number of piperazine rings is 1. The van der Waals surface area contributed by atoms with Gasteiger partial charge in [0, 0.05) is 36.2 Å². The van der Waals surface area contributed by atoms with Gasteiger partial charge >= 0.3 is 0 Å². The van der Waals surface area contributed by atoms with Crippen LogP contribution in [0, 0.1) is 0 Å². The zero-order chi connectivity index (χ0) is 15.1. The maximum Gasteiger partial charge on any atom is 0.0654 e. The molecule has 1 N–H and O–H groups in total. The highest BCUT2D eigenvalue weighted by Gasteiger charge is 2.13. The van der Waals surface area contributed by atoms with Crippen LogP contribution in [0.1, 0.15) is 0 Å². The van der Waals surface area contributed by atoms with Crippen LogP contribution in [-0.2, 0) is 0 Å². The molecule has 0 bridgehead atoms. The molecule has 1 aliphatic heterocycles. The Labute approximate surface area is 140 Å². The Balaban J connectivity index is 0.000000194. The maximum atomic E-state index is 6.12. The monoisotopic (exact) mass is 342 g/mol. The van der Waals surface area contributed by atoms with Crippen molar-refractivity contribution < 1.29 is 0 Å². The van der Waals surface area contributed by atoms with Crippen molar-refractivity contribution >= 4 is 40.5 Å². The van der Waals surface area contributed by atoms with Crippen LogP contribution in [0.25, 0.3) is 0 Å². The summed E-state index contributed by atoms with van der Waals surface area (Å²) in [6.45, 7) is 4.03. The topological polar surface area (TPSA) is 15.3 Å². The highest BCUT2D eigenvalue weighted by Crippen LogP contribution is 2.28. The van der Waals surface area contributed by atoms with Gasteiger partial charge in [0.25, 0.3) is 0 Å². The van der Waals surface area contributed by atoms with Gasteiger partial charge in [-0.15, -0.1) is 0 Å². The summed E-state index contributed by atoms with van der Waals surface area (Å²) in [6.07, 6.45) is 0. The molecular formula is C16H17Cl3N2. The first-order valence-corrected chi connectivity index (χ1v) is 7.91. The number of nitrogens with one attached hydrogen (secondary N) is 1. The first-order chi connectivity index (χ1) is 10.2. The Morgan fingerprint density at radius 2 is 1.48 bits per heavy atom. The zero-order valence-electron chi connectivity index (χ0n) is 11.5. The molecule has 0 atom stereocenters. The first kappa shape index (κ1) is 16.4. The van der Waals surface area contributed by atoms with Crippen molar-refractivity contribution in [3.63, 3.8) is 0 Å². The zero-order valence-corrected chi connectivity index (χ0v) is 13.8. The van der Waals surface area contributed by atoms with Crippen molar-refractivity contribution in [1.29, 1.82) is 0 Å². The van der Waals surface area contributed by atoms with E-state index in [9.17, 15) is 0 Å². The summed E-state index contributed by atoms with van der Waals surface area (Å²) in [7, 11) is 0. The van der Waals surface area contributed by atoms with Crippen molar-refractivity contribution in [3.8, 4) is 0 Å². The average Bonchev–Trinajstić information content (AvgIpc) is 2.49. The molecule has 0 saturated carbocycles. The summed E-state index contributed by atoms with van der Waals surface area (Å²) in [4.78, 5) is 2.27. The summed E-state index contributed by atoms with van der Waals surface area (Å²) < 4.78 is 0. The average molecular weight is 344 g/mol. The largest absolute Gasteiger partial charge is 0.368 e. The Kier molecular flexibility index (Phi) is 6.65. The van der Waals surface area contributed by atoms with E-state index < -0.39 is 0 Å². The Morgan fingerprint density at radius 3 is 2.00 bits per heavy atom. The fourth-order valence-corrected chi connectivity index (χ4v) is 2.73. The van der Waals surface area contributed by atoms with Crippen molar-refractivity contribution in [2.24, 2.45) is 0 Å². The minimum absolute atomic E-state index is 0.689. The molecule has 1 heterocycles. The van der Waals surface area contributed by atoms with E-state index in [-0.39, 0.29) is 0 Å². The standard InChI is InChI=1S/C10H12Cl2N2.C6H5Cl/c11-8-1-2-10(9(12)7-8)14-5-3-13-4-6-14;7-6-4-2-1-3-5-6/h1-2,7,13H,3-6H2;1-5H. The number of halogens is 3. The van der Waals surface area contributed by atoms with Crippen LogP contribution in [-0.4, -0.2) is 26.2 Å². The molecule has 1 saturated heterocycles. The van der Waals surface area contributed by atoms with Gasteiger partial charge in [0.15, 0.2) is 0 Å². The van der Waals surface area contributed by atoms with Crippen LogP contribution < -0.4 is 10.2 Å². The number of nitrogens with zero attached hydrogens (tertiary/aromatic N) is 1. The summed E-state index contributed by atoms with van der Waals surface area (Å²) in [6, 6.07) is 15.1. The van der Waals surface area contributed by atoms with E-state index in [2.05, 4.69) is 10.2 Å². The molecule has 0 aromatic heterocycles. The van der Waals surface area contributed by atoms with Crippen molar-refractivity contribution in [2.45, 2.75) is 0 Å². The van der Waals surface area contributed by atoms with E-state index >= 15 is 0 Å². The van der Waals surface area contributed by atoms with Crippen LogP contribution in [0.3, 0.4) is 0 Å². The van der Waals surface area contributed by atoms with Crippen LogP contribution >= 0.6 is 34.8 Å². The Hall–Kier alpha value is -0.930. The van der Waals surface area contributed by atoms with Crippen molar-refractivity contribution in [2.75, 3.05) is 31.1 Å². The molecular weight excluding hydrogens is 327 g/mol. The van der Waals surface area contributed by atoms with Crippen molar-refractivity contribution in [3.05, 3.63) is 63.6 Å². The normalized spacial score (nSPS) is 14.3. The second-order valence-corrected chi connectivity index (χ2v) is 5.91. The second-order valence-electron chi connectivity index (χ2n) is 4.63. The number of hydrogen-bond donors (Lipinski definition) is 1. The molecule has 2 aromatic rings. The van der Waals surface area contributed by atoms with Gasteiger partial charge in [-0.05, 0) is 30.3 Å². The summed E-state index contributed by atoms with van der Waals surface area (Å²) in [5.41, 5.74) is 1.08. The smallest absolute Gasteiger partial charge is 0.0654 e. The highest BCUT2D eigenvalue weighted by molar-refractivity contribution is 6.36. The van der Waals surface area contributed by atoms with E-state index in [1.165, 1.54) is 0 Å². The Bertz CT molecular complexity index is 555. The van der Waals surface area contributed by atoms with Crippen molar-refractivity contribution in [1.82, 2.24) is 5.32 Å².